The van der Waals surface area contributed by atoms with Gasteiger partial charge in [0.2, 0.25) is 0 Å². The molecule has 0 radical (unpaired) electrons. The molecule has 0 saturated carbocycles. The lowest BCUT2D eigenvalue weighted by Crippen LogP contribution is -2.13. The molecule has 1 heterocycles. The van der Waals surface area contributed by atoms with Crippen LogP contribution in [0.15, 0.2) is 12.1 Å². The summed E-state index contributed by atoms with van der Waals surface area (Å²) in [6, 6.07) is 3.00. The zero-order valence-electron chi connectivity index (χ0n) is 11.7. The molecule has 110 valence electrons. The summed E-state index contributed by atoms with van der Waals surface area (Å²) in [5.41, 5.74) is 1.44. The number of hydrogen-bond donors (Lipinski definition) is 0. The SMILES string of the molecule is CSCC(C)Cn1c(C(C)Cl)nc2cc(F)c(Cl)cc21. The summed E-state index contributed by atoms with van der Waals surface area (Å²) in [5.74, 6) is 1.83. The van der Waals surface area contributed by atoms with Gasteiger partial charge in [-0.25, -0.2) is 9.37 Å². The lowest BCUT2D eigenvalue weighted by Gasteiger charge is -2.15. The van der Waals surface area contributed by atoms with E-state index < -0.39 is 5.82 Å². The van der Waals surface area contributed by atoms with Crippen LogP contribution in [0.4, 0.5) is 4.39 Å². The van der Waals surface area contributed by atoms with Gasteiger partial charge in [0.05, 0.1) is 21.4 Å². The van der Waals surface area contributed by atoms with Gasteiger partial charge in [-0.2, -0.15) is 11.8 Å². The molecule has 0 amide bonds. The molecule has 0 fully saturated rings. The zero-order chi connectivity index (χ0) is 14.9. The van der Waals surface area contributed by atoms with E-state index in [0.29, 0.717) is 11.4 Å². The summed E-state index contributed by atoms with van der Waals surface area (Å²) in [5, 5.41) is -0.115. The number of halogens is 3. The summed E-state index contributed by atoms with van der Waals surface area (Å²) in [4.78, 5) is 4.45. The highest BCUT2D eigenvalue weighted by atomic mass is 35.5. The van der Waals surface area contributed by atoms with Gasteiger partial charge in [0.15, 0.2) is 0 Å². The minimum atomic E-state index is -0.449. The maximum atomic E-state index is 13.6. The molecule has 2 atom stereocenters. The predicted octanol–water partition coefficient (Wildman–Crippen LogP) is 5.13. The summed E-state index contributed by atoms with van der Waals surface area (Å²) < 4.78 is 15.6. The normalized spacial score (nSPS) is 14.7. The molecule has 6 heteroatoms. The minimum absolute atomic E-state index is 0.116. The molecule has 1 aromatic carbocycles. The fourth-order valence-corrected chi connectivity index (χ4v) is 3.28. The van der Waals surface area contributed by atoms with Crippen molar-refractivity contribution in [2.45, 2.75) is 25.8 Å². The Balaban J connectivity index is 2.53. The first-order valence-corrected chi connectivity index (χ1v) is 8.63. The molecule has 0 aliphatic rings. The van der Waals surface area contributed by atoms with Crippen molar-refractivity contribution in [2.75, 3.05) is 12.0 Å². The van der Waals surface area contributed by atoms with Crippen LogP contribution >= 0.6 is 35.0 Å². The van der Waals surface area contributed by atoms with Gasteiger partial charge >= 0.3 is 0 Å². The number of nitrogens with zero attached hydrogens (tertiary/aromatic N) is 2. The first kappa shape index (κ1) is 15.9. The summed E-state index contributed by atoms with van der Waals surface area (Å²) >= 11 is 13.9. The van der Waals surface area contributed by atoms with Gasteiger partial charge in [-0.15, -0.1) is 11.6 Å². The molecule has 0 aliphatic carbocycles. The Morgan fingerprint density at radius 2 is 2.10 bits per heavy atom. The molecule has 2 unspecified atom stereocenters. The highest BCUT2D eigenvalue weighted by Gasteiger charge is 2.18. The highest BCUT2D eigenvalue weighted by Crippen LogP contribution is 2.29. The number of hydrogen-bond acceptors (Lipinski definition) is 2. The van der Waals surface area contributed by atoms with Gasteiger partial charge in [0, 0.05) is 12.6 Å². The van der Waals surface area contributed by atoms with E-state index in [0.717, 1.165) is 23.6 Å². The van der Waals surface area contributed by atoms with Gasteiger partial charge in [-0.1, -0.05) is 18.5 Å². The third kappa shape index (κ3) is 3.23. The second-order valence-electron chi connectivity index (χ2n) is 5.01. The number of fused-ring (bicyclic) bond motifs is 1. The van der Waals surface area contributed by atoms with Crippen LogP contribution in [0.3, 0.4) is 0 Å². The number of aromatic nitrogens is 2. The monoisotopic (exact) mass is 334 g/mol. The van der Waals surface area contributed by atoms with Crippen molar-refractivity contribution in [1.29, 1.82) is 0 Å². The van der Waals surface area contributed by atoms with Crippen molar-refractivity contribution in [3.05, 3.63) is 28.8 Å². The van der Waals surface area contributed by atoms with Crippen LogP contribution in [0, 0.1) is 11.7 Å². The summed E-state index contributed by atoms with van der Waals surface area (Å²) in [6.07, 6.45) is 2.08. The zero-order valence-corrected chi connectivity index (χ0v) is 14.0. The van der Waals surface area contributed by atoms with Gasteiger partial charge in [-0.3, -0.25) is 0 Å². The Labute approximate surface area is 132 Å². The second-order valence-corrected chi connectivity index (χ2v) is 6.98. The number of benzene rings is 1. The molecule has 1 aromatic heterocycles. The van der Waals surface area contributed by atoms with E-state index >= 15 is 0 Å². The minimum Gasteiger partial charge on any atom is -0.326 e. The maximum Gasteiger partial charge on any atom is 0.144 e. The number of rotatable bonds is 5. The molecule has 0 aliphatic heterocycles. The van der Waals surface area contributed by atoms with E-state index in [1.54, 1.807) is 17.8 Å². The molecule has 0 saturated heterocycles. The van der Waals surface area contributed by atoms with Crippen LogP contribution in [-0.2, 0) is 6.54 Å². The second kappa shape index (κ2) is 6.54. The van der Waals surface area contributed by atoms with Crippen LogP contribution in [0.1, 0.15) is 25.0 Å². The van der Waals surface area contributed by atoms with Crippen molar-refractivity contribution in [2.24, 2.45) is 5.92 Å². The van der Waals surface area contributed by atoms with E-state index in [-0.39, 0.29) is 10.4 Å². The van der Waals surface area contributed by atoms with Crippen LogP contribution in [-0.4, -0.2) is 21.6 Å². The molecule has 20 heavy (non-hydrogen) atoms. The third-order valence-corrected chi connectivity index (χ3v) is 4.51. The molecular formula is C14H17Cl2FN2S. The molecule has 2 aromatic rings. The van der Waals surface area contributed by atoms with E-state index in [1.165, 1.54) is 6.07 Å². The molecule has 2 nitrogen and oxygen atoms in total. The smallest absolute Gasteiger partial charge is 0.144 e. The average Bonchev–Trinajstić information content (AvgIpc) is 2.69. The quantitative estimate of drug-likeness (QED) is 0.705. The van der Waals surface area contributed by atoms with Crippen molar-refractivity contribution in [3.8, 4) is 0 Å². The van der Waals surface area contributed by atoms with Crippen molar-refractivity contribution in [3.63, 3.8) is 0 Å². The first-order chi connectivity index (χ1) is 9.43. The van der Waals surface area contributed by atoms with E-state index in [2.05, 4.69) is 22.7 Å². The van der Waals surface area contributed by atoms with E-state index in [9.17, 15) is 4.39 Å². The van der Waals surface area contributed by atoms with Crippen molar-refractivity contribution < 1.29 is 4.39 Å². The molecule has 2 rings (SSSR count). The predicted molar refractivity (Wildman–Crippen MR) is 86.5 cm³/mol. The Morgan fingerprint density at radius 1 is 1.40 bits per heavy atom. The fraction of sp³-hybridized carbons (Fsp3) is 0.500. The van der Waals surface area contributed by atoms with Gasteiger partial charge < -0.3 is 4.57 Å². The lowest BCUT2D eigenvalue weighted by molar-refractivity contribution is 0.524. The van der Waals surface area contributed by atoms with E-state index in [1.807, 2.05) is 6.92 Å². The summed E-state index contributed by atoms with van der Waals surface area (Å²) in [6.45, 7) is 4.85. The Morgan fingerprint density at radius 3 is 2.70 bits per heavy atom. The van der Waals surface area contributed by atoms with Crippen molar-refractivity contribution in [1.82, 2.24) is 9.55 Å². The molecular weight excluding hydrogens is 318 g/mol. The van der Waals surface area contributed by atoms with E-state index in [4.69, 9.17) is 23.2 Å². The van der Waals surface area contributed by atoms with Crippen LogP contribution in [0.25, 0.3) is 11.0 Å². The first-order valence-electron chi connectivity index (χ1n) is 6.42. The highest BCUT2D eigenvalue weighted by molar-refractivity contribution is 7.98. The summed E-state index contributed by atoms with van der Waals surface area (Å²) in [7, 11) is 0. The number of alkyl halides is 1. The largest absolute Gasteiger partial charge is 0.326 e. The maximum absolute atomic E-state index is 13.6. The van der Waals surface area contributed by atoms with Crippen LogP contribution in [0.2, 0.25) is 5.02 Å². The number of thioether (sulfide) groups is 1. The third-order valence-electron chi connectivity index (χ3n) is 3.12. The van der Waals surface area contributed by atoms with Crippen LogP contribution in [0.5, 0.6) is 0 Å². The van der Waals surface area contributed by atoms with Crippen molar-refractivity contribution >= 4 is 46.0 Å². The van der Waals surface area contributed by atoms with Crippen LogP contribution < -0.4 is 0 Å². The fourth-order valence-electron chi connectivity index (χ4n) is 2.28. The standard InChI is InChI=1S/C14H17Cl2FN2S/c1-8(7-20-3)6-19-13-4-10(16)11(17)5-12(13)18-14(19)9(2)15/h4-5,8-9H,6-7H2,1-3H3. The Kier molecular flexibility index (Phi) is 5.21. The Bertz CT molecular complexity index is 613. The Hall–Kier alpha value is -0.450. The van der Waals surface area contributed by atoms with Gasteiger partial charge in [-0.05, 0) is 30.9 Å². The topological polar surface area (TPSA) is 17.8 Å². The molecule has 0 bridgehead atoms. The number of imidazole rings is 1. The lowest BCUT2D eigenvalue weighted by atomic mass is 10.2. The van der Waals surface area contributed by atoms with Gasteiger partial charge in [0.1, 0.15) is 11.6 Å². The molecule has 0 N–H and O–H groups in total. The molecule has 0 spiro atoms. The van der Waals surface area contributed by atoms with Gasteiger partial charge in [0.25, 0.3) is 0 Å². The average molecular weight is 335 g/mol.